The van der Waals surface area contributed by atoms with Crippen molar-refractivity contribution in [1.29, 1.82) is 5.26 Å². The molecule has 0 bridgehead atoms. The minimum atomic E-state index is -0.110. The molecular weight excluding hydrogens is 372 g/mol. The molecule has 2 aromatic heterocycles. The van der Waals surface area contributed by atoms with E-state index in [9.17, 15) is 4.79 Å². The Bertz CT molecular complexity index is 1060. The summed E-state index contributed by atoms with van der Waals surface area (Å²) >= 11 is 1.44. The van der Waals surface area contributed by atoms with Crippen LogP contribution >= 0.6 is 11.3 Å². The Morgan fingerprint density at radius 2 is 1.82 bits per heavy atom. The van der Waals surface area contributed by atoms with Gasteiger partial charge in [0.15, 0.2) is 0 Å². The molecule has 3 heterocycles. The van der Waals surface area contributed by atoms with Gasteiger partial charge in [-0.2, -0.15) is 14.9 Å². The number of hydrogen-bond acceptors (Lipinski definition) is 7. The topological polar surface area (TPSA) is 77.5 Å². The van der Waals surface area contributed by atoms with Crippen LogP contribution in [0.5, 0.6) is 0 Å². The van der Waals surface area contributed by atoms with Gasteiger partial charge in [0.1, 0.15) is 5.01 Å². The average molecular weight is 395 g/mol. The zero-order chi connectivity index (χ0) is 19.5. The molecule has 0 aliphatic carbocycles. The van der Waals surface area contributed by atoms with Crippen molar-refractivity contribution in [2.24, 2.45) is 0 Å². The molecule has 0 N–H and O–H groups in total. The van der Waals surface area contributed by atoms with Gasteiger partial charge in [-0.25, -0.2) is 4.98 Å². The molecule has 4 rings (SSSR count). The highest BCUT2D eigenvalue weighted by Crippen LogP contribution is 2.13. The van der Waals surface area contributed by atoms with Crippen LogP contribution in [0.2, 0.25) is 0 Å². The van der Waals surface area contributed by atoms with Crippen LogP contribution in [0.25, 0.3) is 4.96 Å². The second kappa shape index (κ2) is 8.19. The molecule has 0 amide bonds. The molecule has 1 aliphatic heterocycles. The highest BCUT2D eigenvalue weighted by atomic mass is 32.1. The molecule has 0 spiro atoms. The third kappa shape index (κ3) is 4.28. The Morgan fingerprint density at radius 3 is 2.54 bits per heavy atom. The van der Waals surface area contributed by atoms with Crippen LogP contribution in [-0.4, -0.2) is 50.6 Å². The van der Waals surface area contributed by atoms with Gasteiger partial charge in [0.25, 0.3) is 5.56 Å². The van der Waals surface area contributed by atoms with E-state index in [-0.39, 0.29) is 5.56 Å². The van der Waals surface area contributed by atoms with Crippen LogP contribution in [0, 0.1) is 18.3 Å². The van der Waals surface area contributed by atoms with Crippen LogP contribution in [0.15, 0.2) is 35.1 Å². The van der Waals surface area contributed by atoms with Gasteiger partial charge in [-0.1, -0.05) is 23.5 Å². The van der Waals surface area contributed by atoms with E-state index in [1.807, 2.05) is 31.2 Å². The van der Waals surface area contributed by atoms with Crippen molar-refractivity contribution in [3.8, 4) is 6.07 Å². The third-order valence-corrected chi connectivity index (χ3v) is 5.78. The Hall–Kier alpha value is -2.60. The van der Waals surface area contributed by atoms with Crippen molar-refractivity contribution >= 4 is 16.3 Å². The molecule has 144 valence electrons. The van der Waals surface area contributed by atoms with E-state index in [4.69, 9.17) is 5.26 Å². The van der Waals surface area contributed by atoms with E-state index in [2.05, 4.69) is 26.0 Å². The van der Waals surface area contributed by atoms with Gasteiger partial charge in [-0.3, -0.25) is 14.6 Å². The maximum atomic E-state index is 12.2. The van der Waals surface area contributed by atoms with E-state index < -0.39 is 0 Å². The number of benzene rings is 1. The fourth-order valence-corrected chi connectivity index (χ4v) is 4.31. The SMILES string of the molecule is Cc1nn2c(=O)cc(CN3CCCN(Cc4ccc(C#N)cc4)CC3)nc2s1. The summed E-state index contributed by atoms with van der Waals surface area (Å²) in [5, 5.41) is 14.0. The van der Waals surface area contributed by atoms with Gasteiger partial charge in [-0.15, -0.1) is 0 Å². The molecule has 0 unspecified atom stereocenters. The largest absolute Gasteiger partial charge is 0.298 e. The molecule has 28 heavy (non-hydrogen) atoms. The van der Waals surface area contributed by atoms with Crippen molar-refractivity contribution < 1.29 is 0 Å². The lowest BCUT2D eigenvalue weighted by atomic mass is 10.1. The van der Waals surface area contributed by atoms with Gasteiger partial charge in [0.05, 0.1) is 17.3 Å². The minimum absolute atomic E-state index is 0.110. The van der Waals surface area contributed by atoms with Crippen LogP contribution in [-0.2, 0) is 13.1 Å². The first-order valence-corrected chi connectivity index (χ1v) is 10.2. The molecule has 1 aliphatic rings. The van der Waals surface area contributed by atoms with Gasteiger partial charge >= 0.3 is 0 Å². The van der Waals surface area contributed by atoms with E-state index >= 15 is 0 Å². The number of aromatic nitrogens is 3. The van der Waals surface area contributed by atoms with E-state index in [1.165, 1.54) is 21.4 Å². The molecule has 8 heteroatoms. The second-order valence-corrected chi connectivity index (χ2v) is 8.28. The maximum Gasteiger partial charge on any atom is 0.275 e. The Morgan fingerprint density at radius 1 is 1.11 bits per heavy atom. The molecule has 3 aromatic rings. The van der Waals surface area contributed by atoms with Crippen LogP contribution in [0.3, 0.4) is 0 Å². The molecule has 0 saturated carbocycles. The quantitative estimate of drug-likeness (QED) is 0.674. The highest BCUT2D eigenvalue weighted by molar-refractivity contribution is 7.16. The smallest absolute Gasteiger partial charge is 0.275 e. The van der Waals surface area contributed by atoms with Crippen LogP contribution in [0.1, 0.15) is 28.2 Å². The highest BCUT2D eigenvalue weighted by Gasteiger charge is 2.17. The Kier molecular flexibility index (Phi) is 5.48. The summed E-state index contributed by atoms with van der Waals surface area (Å²) in [7, 11) is 0. The molecule has 1 saturated heterocycles. The standard InChI is InChI=1S/C20H22N6OS/c1-15-23-26-19(27)11-18(22-20(26)28-15)14-25-8-2-7-24(9-10-25)13-17-5-3-16(12-21)4-6-17/h3-6,11H,2,7-10,13-14H2,1H3. The van der Waals surface area contributed by atoms with Crippen molar-refractivity contribution in [3.05, 3.63) is 62.5 Å². The average Bonchev–Trinajstić information content (AvgIpc) is 2.93. The summed E-state index contributed by atoms with van der Waals surface area (Å²) < 4.78 is 1.38. The summed E-state index contributed by atoms with van der Waals surface area (Å²) in [6.07, 6.45) is 1.08. The van der Waals surface area contributed by atoms with Crippen molar-refractivity contribution in [2.45, 2.75) is 26.4 Å². The van der Waals surface area contributed by atoms with Gasteiger partial charge in [0.2, 0.25) is 4.96 Å². The molecule has 0 radical (unpaired) electrons. The van der Waals surface area contributed by atoms with Crippen molar-refractivity contribution in [2.75, 3.05) is 26.2 Å². The fourth-order valence-electron chi connectivity index (χ4n) is 3.55. The number of nitrogens with zero attached hydrogens (tertiary/aromatic N) is 6. The summed E-state index contributed by atoms with van der Waals surface area (Å²) in [4.78, 5) is 22.3. The first-order chi connectivity index (χ1) is 13.6. The number of rotatable bonds is 4. The first kappa shape index (κ1) is 18.7. The van der Waals surface area contributed by atoms with E-state index in [1.54, 1.807) is 6.07 Å². The van der Waals surface area contributed by atoms with Crippen molar-refractivity contribution in [1.82, 2.24) is 24.4 Å². The summed E-state index contributed by atoms with van der Waals surface area (Å²) in [6, 6.07) is 11.6. The molecule has 1 aromatic carbocycles. The molecule has 7 nitrogen and oxygen atoms in total. The Balaban J connectivity index is 1.38. The third-order valence-electron chi connectivity index (χ3n) is 4.96. The number of hydrogen-bond donors (Lipinski definition) is 0. The molecule has 1 fully saturated rings. The van der Waals surface area contributed by atoms with Crippen LogP contribution < -0.4 is 5.56 Å². The lowest BCUT2D eigenvalue weighted by Crippen LogP contribution is -2.31. The number of nitriles is 1. The van der Waals surface area contributed by atoms with E-state index in [0.717, 1.165) is 49.8 Å². The Labute approximate surface area is 167 Å². The van der Waals surface area contributed by atoms with Gasteiger partial charge < -0.3 is 0 Å². The maximum absolute atomic E-state index is 12.2. The minimum Gasteiger partial charge on any atom is -0.298 e. The van der Waals surface area contributed by atoms with Gasteiger partial charge in [0, 0.05) is 32.2 Å². The van der Waals surface area contributed by atoms with Crippen molar-refractivity contribution in [3.63, 3.8) is 0 Å². The first-order valence-electron chi connectivity index (χ1n) is 9.41. The zero-order valence-corrected chi connectivity index (χ0v) is 16.7. The summed E-state index contributed by atoms with van der Waals surface area (Å²) in [5.41, 5.74) is 2.63. The molecular formula is C20H22N6OS. The lowest BCUT2D eigenvalue weighted by Gasteiger charge is -2.21. The lowest BCUT2D eigenvalue weighted by molar-refractivity contribution is 0.245. The monoisotopic (exact) mass is 394 g/mol. The summed E-state index contributed by atoms with van der Waals surface area (Å²) in [5.74, 6) is 0. The zero-order valence-electron chi connectivity index (χ0n) is 15.8. The predicted molar refractivity (Wildman–Crippen MR) is 108 cm³/mol. The fraction of sp³-hybridized carbons (Fsp3) is 0.400. The second-order valence-electron chi connectivity index (χ2n) is 7.12. The van der Waals surface area contributed by atoms with Gasteiger partial charge in [-0.05, 0) is 44.1 Å². The van der Waals surface area contributed by atoms with Crippen LogP contribution in [0.4, 0.5) is 0 Å². The molecule has 0 atom stereocenters. The predicted octanol–water partition coefficient (Wildman–Crippen LogP) is 2.04. The van der Waals surface area contributed by atoms with E-state index in [0.29, 0.717) is 17.1 Å². The number of fused-ring (bicyclic) bond motifs is 1. The number of aryl methyl sites for hydroxylation is 1. The summed E-state index contributed by atoms with van der Waals surface area (Å²) in [6.45, 7) is 7.42. The normalized spacial score (nSPS) is 16.1.